The molecule has 0 aliphatic carbocycles. The van der Waals surface area contributed by atoms with Crippen molar-refractivity contribution >= 4 is 34.8 Å². The average Bonchev–Trinajstić information content (AvgIpc) is 3.10. The molecule has 3 rings (SSSR count). The molecule has 0 spiro atoms. The van der Waals surface area contributed by atoms with Crippen LogP contribution >= 0.6 is 22.9 Å². The van der Waals surface area contributed by atoms with Gasteiger partial charge in [-0.1, -0.05) is 11.6 Å². The van der Waals surface area contributed by atoms with Gasteiger partial charge >= 0.3 is 0 Å². The van der Waals surface area contributed by atoms with Gasteiger partial charge in [-0.15, -0.1) is 11.3 Å². The van der Waals surface area contributed by atoms with Crippen molar-refractivity contribution in [2.24, 2.45) is 11.7 Å². The number of benzene rings is 1. The highest BCUT2D eigenvalue weighted by atomic mass is 35.5. The number of nitrogens with zero attached hydrogens (tertiary/aromatic N) is 2. The molecule has 1 fully saturated rings. The van der Waals surface area contributed by atoms with Crippen LogP contribution in [0.5, 0.6) is 5.75 Å². The van der Waals surface area contributed by atoms with Crippen LogP contribution in [0, 0.1) is 5.92 Å². The molecule has 2 aromatic rings. The molecule has 0 radical (unpaired) electrons. The van der Waals surface area contributed by atoms with E-state index in [1.807, 2.05) is 0 Å². The normalized spacial score (nSPS) is 15.2. The summed E-state index contributed by atoms with van der Waals surface area (Å²) in [7, 11) is 0. The summed E-state index contributed by atoms with van der Waals surface area (Å²) >= 11 is 7.22. The van der Waals surface area contributed by atoms with Crippen LogP contribution < -0.4 is 10.5 Å². The first-order chi connectivity index (χ1) is 12.0. The summed E-state index contributed by atoms with van der Waals surface area (Å²) in [6.45, 7) is 1.35. The molecule has 8 heteroatoms. The number of amides is 2. The van der Waals surface area contributed by atoms with E-state index in [9.17, 15) is 9.59 Å². The zero-order valence-electron chi connectivity index (χ0n) is 13.5. The van der Waals surface area contributed by atoms with Gasteiger partial charge < -0.3 is 15.4 Å². The van der Waals surface area contributed by atoms with Crippen LogP contribution in [0.1, 0.15) is 28.3 Å². The van der Waals surface area contributed by atoms with Crippen LogP contribution in [0.2, 0.25) is 5.02 Å². The first-order valence-corrected chi connectivity index (χ1v) is 9.20. The van der Waals surface area contributed by atoms with Gasteiger partial charge in [-0.3, -0.25) is 9.59 Å². The molecule has 6 nitrogen and oxygen atoms in total. The third-order valence-electron chi connectivity index (χ3n) is 4.13. The maximum absolute atomic E-state index is 12.5. The fraction of sp³-hybridized carbons (Fsp3) is 0.353. The standard InChI is InChI=1S/C17H18ClN3O3S/c18-12-1-3-13(4-2-12)24-9-15-20-14(10-25-15)17(23)21-7-5-11(6-8-21)16(19)22/h1-4,10-11H,5-9H2,(H2,19,22). The summed E-state index contributed by atoms with van der Waals surface area (Å²) in [6, 6.07) is 7.07. The van der Waals surface area contributed by atoms with Crippen molar-refractivity contribution in [2.45, 2.75) is 19.4 Å². The van der Waals surface area contributed by atoms with Crippen LogP contribution in [0.25, 0.3) is 0 Å². The first kappa shape index (κ1) is 17.7. The van der Waals surface area contributed by atoms with E-state index in [2.05, 4.69) is 4.98 Å². The molecule has 1 saturated heterocycles. The van der Waals surface area contributed by atoms with Crippen LogP contribution in [0.4, 0.5) is 0 Å². The molecule has 1 aliphatic heterocycles. The number of aromatic nitrogens is 1. The van der Waals surface area contributed by atoms with Crippen LogP contribution in [0.3, 0.4) is 0 Å². The minimum atomic E-state index is -0.289. The molecule has 0 bridgehead atoms. The van der Waals surface area contributed by atoms with Crippen LogP contribution in [0.15, 0.2) is 29.6 Å². The van der Waals surface area contributed by atoms with Crippen molar-refractivity contribution in [2.75, 3.05) is 13.1 Å². The molecule has 0 unspecified atom stereocenters. The number of carbonyl (C=O) groups is 2. The Morgan fingerprint density at radius 3 is 2.60 bits per heavy atom. The zero-order valence-corrected chi connectivity index (χ0v) is 15.1. The van der Waals surface area contributed by atoms with E-state index in [-0.39, 0.29) is 17.7 Å². The van der Waals surface area contributed by atoms with Gasteiger partial charge in [0.25, 0.3) is 5.91 Å². The second-order valence-corrected chi connectivity index (χ2v) is 7.22. The molecule has 0 saturated carbocycles. The van der Waals surface area contributed by atoms with E-state index in [0.29, 0.717) is 49.0 Å². The van der Waals surface area contributed by atoms with Gasteiger partial charge in [0.05, 0.1) is 0 Å². The Labute approximate surface area is 154 Å². The lowest BCUT2D eigenvalue weighted by molar-refractivity contribution is -0.123. The third kappa shape index (κ3) is 4.49. The Morgan fingerprint density at radius 2 is 1.96 bits per heavy atom. The topological polar surface area (TPSA) is 85.5 Å². The lowest BCUT2D eigenvalue weighted by atomic mass is 9.96. The summed E-state index contributed by atoms with van der Waals surface area (Å²) in [5, 5.41) is 3.11. The SMILES string of the molecule is NC(=O)C1CCN(C(=O)c2csc(COc3ccc(Cl)cc3)n2)CC1. The van der Waals surface area contributed by atoms with Gasteiger partial charge in [0.2, 0.25) is 5.91 Å². The van der Waals surface area contributed by atoms with Gasteiger partial charge in [0, 0.05) is 29.4 Å². The number of hydrogen-bond acceptors (Lipinski definition) is 5. The fourth-order valence-electron chi connectivity index (χ4n) is 2.68. The Kier molecular flexibility index (Phi) is 5.55. The van der Waals surface area contributed by atoms with Crippen molar-refractivity contribution in [3.63, 3.8) is 0 Å². The predicted octanol–water partition coefficient (Wildman–Crippen LogP) is 2.71. The van der Waals surface area contributed by atoms with Crippen molar-refractivity contribution in [1.29, 1.82) is 0 Å². The van der Waals surface area contributed by atoms with E-state index < -0.39 is 0 Å². The largest absolute Gasteiger partial charge is 0.486 e. The van der Waals surface area contributed by atoms with E-state index in [0.717, 1.165) is 5.01 Å². The molecule has 25 heavy (non-hydrogen) atoms. The zero-order chi connectivity index (χ0) is 17.8. The molecule has 1 aromatic heterocycles. The Bertz CT molecular complexity index is 755. The van der Waals surface area contributed by atoms with Gasteiger partial charge in [-0.2, -0.15) is 0 Å². The second-order valence-electron chi connectivity index (χ2n) is 5.84. The van der Waals surface area contributed by atoms with Crippen molar-refractivity contribution < 1.29 is 14.3 Å². The minimum Gasteiger partial charge on any atom is -0.486 e. The highest BCUT2D eigenvalue weighted by molar-refractivity contribution is 7.09. The molecule has 2 amide bonds. The third-order valence-corrected chi connectivity index (χ3v) is 5.21. The highest BCUT2D eigenvalue weighted by Gasteiger charge is 2.27. The molecular formula is C17H18ClN3O3S. The molecule has 2 heterocycles. The molecular weight excluding hydrogens is 362 g/mol. The summed E-state index contributed by atoms with van der Waals surface area (Å²) in [5.41, 5.74) is 5.73. The number of piperidine rings is 1. The Morgan fingerprint density at radius 1 is 1.28 bits per heavy atom. The van der Waals surface area contributed by atoms with E-state index in [1.165, 1.54) is 11.3 Å². The number of likely N-dealkylation sites (tertiary alicyclic amines) is 1. The van der Waals surface area contributed by atoms with Crippen molar-refractivity contribution in [1.82, 2.24) is 9.88 Å². The number of hydrogen-bond donors (Lipinski definition) is 1. The summed E-state index contributed by atoms with van der Waals surface area (Å²) in [6.07, 6.45) is 1.22. The van der Waals surface area contributed by atoms with E-state index >= 15 is 0 Å². The number of rotatable bonds is 5. The van der Waals surface area contributed by atoms with Gasteiger partial charge in [0.15, 0.2) is 0 Å². The van der Waals surface area contributed by atoms with E-state index in [4.69, 9.17) is 22.1 Å². The molecule has 1 aliphatic rings. The predicted molar refractivity (Wildman–Crippen MR) is 95.7 cm³/mol. The van der Waals surface area contributed by atoms with Crippen molar-refractivity contribution in [3.05, 3.63) is 45.4 Å². The number of halogens is 1. The second kappa shape index (κ2) is 7.84. The molecule has 0 atom stereocenters. The van der Waals surface area contributed by atoms with Crippen LogP contribution in [-0.4, -0.2) is 34.8 Å². The van der Waals surface area contributed by atoms with Gasteiger partial charge in [0.1, 0.15) is 23.1 Å². The maximum atomic E-state index is 12.5. The number of carbonyl (C=O) groups excluding carboxylic acids is 2. The summed E-state index contributed by atoms with van der Waals surface area (Å²) in [5.74, 6) is 0.156. The Balaban J connectivity index is 1.55. The smallest absolute Gasteiger partial charge is 0.273 e. The number of primary amides is 1. The van der Waals surface area contributed by atoms with E-state index in [1.54, 1.807) is 34.5 Å². The Hall–Kier alpha value is -2.12. The van der Waals surface area contributed by atoms with Crippen molar-refractivity contribution in [3.8, 4) is 5.75 Å². The summed E-state index contributed by atoms with van der Waals surface area (Å²) < 4.78 is 5.64. The number of thiazole rings is 1. The molecule has 1 aromatic carbocycles. The lowest BCUT2D eigenvalue weighted by Gasteiger charge is -2.30. The highest BCUT2D eigenvalue weighted by Crippen LogP contribution is 2.21. The number of ether oxygens (including phenoxy) is 1. The monoisotopic (exact) mass is 379 g/mol. The maximum Gasteiger partial charge on any atom is 0.273 e. The fourth-order valence-corrected chi connectivity index (χ4v) is 3.49. The molecule has 2 N–H and O–H groups in total. The van der Waals surface area contributed by atoms with Crippen LogP contribution in [-0.2, 0) is 11.4 Å². The first-order valence-electron chi connectivity index (χ1n) is 7.94. The summed E-state index contributed by atoms with van der Waals surface area (Å²) in [4.78, 5) is 29.8. The number of nitrogens with two attached hydrogens (primary N) is 1. The molecule has 132 valence electrons. The van der Waals surface area contributed by atoms with Gasteiger partial charge in [-0.25, -0.2) is 4.98 Å². The average molecular weight is 380 g/mol. The lowest BCUT2D eigenvalue weighted by Crippen LogP contribution is -2.41. The minimum absolute atomic E-state index is 0.114. The quantitative estimate of drug-likeness (QED) is 0.865. The van der Waals surface area contributed by atoms with Gasteiger partial charge in [-0.05, 0) is 37.1 Å².